The number of hydrogen-bond acceptors (Lipinski definition) is 3. The first-order valence-electron chi connectivity index (χ1n) is 5.84. The second kappa shape index (κ2) is 4.51. The lowest BCUT2D eigenvalue weighted by Crippen LogP contribution is -2.23. The molecule has 0 bridgehead atoms. The Hall–Kier alpha value is -3.03. The average Bonchev–Trinajstić information content (AvgIpc) is 2.89. The number of amides is 1. The third-order valence-corrected chi connectivity index (χ3v) is 3.04. The zero-order valence-corrected chi connectivity index (χ0v) is 10.4. The number of nitrogens with zero attached hydrogens (tertiary/aromatic N) is 2. The van der Waals surface area contributed by atoms with Crippen molar-refractivity contribution in [3.8, 4) is 11.3 Å². The van der Waals surface area contributed by atoms with Crippen LogP contribution in [-0.2, 0) is 0 Å². The molecule has 106 valence electrons. The number of nitrogens with one attached hydrogen (secondary N) is 1. The predicted octanol–water partition coefficient (Wildman–Crippen LogP) is 1.07. The SMILES string of the molecule is NC(=O)c1c(=O)cc(-c2cccc(F)c2F)n2[nH]cnc12. The molecule has 3 N–H and O–H groups in total. The van der Waals surface area contributed by atoms with Gasteiger partial charge in [0.2, 0.25) is 0 Å². The van der Waals surface area contributed by atoms with E-state index in [0.29, 0.717) is 0 Å². The van der Waals surface area contributed by atoms with Crippen LogP contribution in [0.4, 0.5) is 8.78 Å². The van der Waals surface area contributed by atoms with E-state index < -0.39 is 23.0 Å². The number of aromatic nitrogens is 3. The molecule has 0 aliphatic carbocycles. The van der Waals surface area contributed by atoms with E-state index in [4.69, 9.17) is 5.73 Å². The molecule has 0 aliphatic heterocycles. The fraction of sp³-hybridized carbons (Fsp3) is 0. The molecule has 2 aromatic heterocycles. The second-order valence-corrected chi connectivity index (χ2v) is 4.28. The molecule has 0 spiro atoms. The van der Waals surface area contributed by atoms with Gasteiger partial charge in [0, 0.05) is 11.6 Å². The molecule has 0 fully saturated rings. The Kier molecular flexibility index (Phi) is 2.79. The molecule has 0 aliphatic rings. The molecular formula is C13H8F2N4O2. The number of nitrogens with two attached hydrogens (primary N) is 1. The van der Waals surface area contributed by atoms with Gasteiger partial charge in [0.1, 0.15) is 11.9 Å². The van der Waals surface area contributed by atoms with Gasteiger partial charge < -0.3 is 5.73 Å². The van der Waals surface area contributed by atoms with E-state index in [0.717, 1.165) is 12.1 Å². The molecular weight excluding hydrogens is 282 g/mol. The van der Waals surface area contributed by atoms with Crippen molar-refractivity contribution in [1.82, 2.24) is 14.6 Å². The van der Waals surface area contributed by atoms with Crippen LogP contribution in [0.2, 0.25) is 0 Å². The zero-order valence-electron chi connectivity index (χ0n) is 10.4. The lowest BCUT2D eigenvalue weighted by atomic mass is 10.1. The maximum Gasteiger partial charge on any atom is 0.256 e. The van der Waals surface area contributed by atoms with E-state index in [1.165, 1.54) is 23.0 Å². The molecule has 0 atom stereocenters. The van der Waals surface area contributed by atoms with E-state index >= 15 is 0 Å². The number of H-pyrrole nitrogens is 1. The van der Waals surface area contributed by atoms with Gasteiger partial charge in [-0.05, 0) is 12.1 Å². The maximum atomic E-state index is 13.9. The number of rotatable bonds is 2. The fourth-order valence-electron chi connectivity index (χ4n) is 2.13. The van der Waals surface area contributed by atoms with Crippen molar-refractivity contribution in [2.75, 3.05) is 0 Å². The van der Waals surface area contributed by atoms with E-state index in [9.17, 15) is 18.4 Å². The highest BCUT2D eigenvalue weighted by atomic mass is 19.2. The van der Waals surface area contributed by atoms with Gasteiger partial charge in [-0.25, -0.2) is 18.3 Å². The van der Waals surface area contributed by atoms with Gasteiger partial charge in [-0.2, -0.15) is 0 Å². The largest absolute Gasteiger partial charge is 0.365 e. The summed E-state index contributed by atoms with van der Waals surface area (Å²) in [5, 5.41) is 2.63. The van der Waals surface area contributed by atoms with Crippen molar-refractivity contribution in [1.29, 1.82) is 0 Å². The molecule has 0 saturated heterocycles. The Balaban J connectivity index is 2.43. The normalized spacial score (nSPS) is 11.0. The standard InChI is InChI=1S/C13H8F2N4O2/c14-7-3-1-2-6(11(7)15)8-4-9(20)10(12(16)21)13-17-5-18-19(8)13/h1-5H,(H2,16,21)(H,17,18). The zero-order chi connectivity index (χ0) is 15.1. The quantitative estimate of drug-likeness (QED) is 0.739. The average molecular weight is 290 g/mol. The minimum absolute atomic E-state index is 0.0366. The Morgan fingerprint density at radius 3 is 2.81 bits per heavy atom. The summed E-state index contributed by atoms with van der Waals surface area (Å²) in [5.41, 5.74) is 3.96. The summed E-state index contributed by atoms with van der Waals surface area (Å²) in [5.74, 6) is -3.10. The maximum absolute atomic E-state index is 13.9. The summed E-state index contributed by atoms with van der Waals surface area (Å²) in [6, 6.07) is 4.58. The Morgan fingerprint density at radius 1 is 1.33 bits per heavy atom. The van der Waals surface area contributed by atoms with E-state index in [2.05, 4.69) is 10.1 Å². The molecule has 1 aromatic carbocycles. The highest BCUT2D eigenvalue weighted by Crippen LogP contribution is 2.24. The van der Waals surface area contributed by atoms with Gasteiger partial charge >= 0.3 is 0 Å². The number of pyridine rings is 1. The summed E-state index contributed by atoms with van der Waals surface area (Å²) in [6.07, 6.45) is 1.21. The molecule has 6 nitrogen and oxygen atoms in total. The Bertz CT molecular complexity index is 930. The molecule has 21 heavy (non-hydrogen) atoms. The number of benzene rings is 1. The third-order valence-electron chi connectivity index (χ3n) is 3.04. The molecule has 1 amide bonds. The predicted molar refractivity (Wildman–Crippen MR) is 69.7 cm³/mol. The molecule has 3 rings (SSSR count). The van der Waals surface area contributed by atoms with Gasteiger partial charge in [-0.1, -0.05) is 6.07 Å². The van der Waals surface area contributed by atoms with Gasteiger partial charge in [0.05, 0.1) is 5.69 Å². The van der Waals surface area contributed by atoms with Crippen LogP contribution in [0.15, 0.2) is 35.4 Å². The number of halogens is 2. The lowest BCUT2D eigenvalue weighted by molar-refractivity contribution is 0.100. The van der Waals surface area contributed by atoms with Crippen LogP contribution in [0.25, 0.3) is 16.9 Å². The molecule has 0 saturated carbocycles. The van der Waals surface area contributed by atoms with Crippen molar-refractivity contribution < 1.29 is 13.6 Å². The smallest absolute Gasteiger partial charge is 0.256 e. The van der Waals surface area contributed by atoms with E-state index in [1.54, 1.807) is 0 Å². The van der Waals surface area contributed by atoms with Crippen LogP contribution >= 0.6 is 0 Å². The second-order valence-electron chi connectivity index (χ2n) is 4.28. The first-order chi connectivity index (χ1) is 10.0. The third kappa shape index (κ3) is 1.88. The summed E-state index contributed by atoms with van der Waals surface area (Å²) in [7, 11) is 0. The minimum Gasteiger partial charge on any atom is -0.365 e. The number of aromatic amines is 1. The van der Waals surface area contributed by atoms with Crippen LogP contribution in [0.1, 0.15) is 10.4 Å². The van der Waals surface area contributed by atoms with Crippen molar-refractivity contribution >= 4 is 11.6 Å². The first kappa shape index (κ1) is 13.0. The van der Waals surface area contributed by atoms with Crippen LogP contribution in [-0.4, -0.2) is 20.5 Å². The lowest BCUT2D eigenvalue weighted by Gasteiger charge is -2.08. The Morgan fingerprint density at radius 2 is 2.10 bits per heavy atom. The number of fused-ring (bicyclic) bond motifs is 1. The van der Waals surface area contributed by atoms with Crippen LogP contribution in [0.3, 0.4) is 0 Å². The highest BCUT2D eigenvalue weighted by Gasteiger charge is 2.19. The number of primary amides is 1. The number of carbonyl (C=O) groups excluding carboxylic acids is 1. The van der Waals surface area contributed by atoms with E-state index in [1.807, 2.05) is 0 Å². The summed E-state index contributed by atoms with van der Waals surface area (Å²) in [4.78, 5) is 27.1. The Labute approximate surface area is 115 Å². The van der Waals surface area contributed by atoms with Gasteiger partial charge in [0.15, 0.2) is 22.7 Å². The van der Waals surface area contributed by atoms with Crippen LogP contribution in [0.5, 0.6) is 0 Å². The highest BCUT2D eigenvalue weighted by molar-refractivity contribution is 5.99. The van der Waals surface area contributed by atoms with Gasteiger partial charge in [-0.15, -0.1) is 0 Å². The fourth-order valence-corrected chi connectivity index (χ4v) is 2.13. The van der Waals surface area contributed by atoms with Crippen molar-refractivity contribution in [2.24, 2.45) is 5.73 Å². The first-order valence-corrected chi connectivity index (χ1v) is 5.84. The number of hydrogen-bond donors (Lipinski definition) is 2. The summed E-state index contributed by atoms with van der Waals surface area (Å²) in [6.45, 7) is 0. The topological polar surface area (TPSA) is 93.3 Å². The van der Waals surface area contributed by atoms with Crippen molar-refractivity contribution in [3.05, 3.63) is 58.0 Å². The molecule has 8 heteroatoms. The summed E-state index contributed by atoms with van der Waals surface area (Å²) >= 11 is 0. The number of carbonyl (C=O) groups is 1. The van der Waals surface area contributed by atoms with Crippen molar-refractivity contribution in [3.63, 3.8) is 0 Å². The molecule has 3 aromatic rings. The van der Waals surface area contributed by atoms with Crippen molar-refractivity contribution in [2.45, 2.75) is 0 Å². The molecule has 2 heterocycles. The molecule has 0 radical (unpaired) electrons. The van der Waals surface area contributed by atoms with Gasteiger partial charge in [-0.3, -0.25) is 14.7 Å². The minimum atomic E-state index is -1.10. The monoisotopic (exact) mass is 290 g/mol. The molecule has 0 unspecified atom stereocenters. The summed E-state index contributed by atoms with van der Waals surface area (Å²) < 4.78 is 28.4. The van der Waals surface area contributed by atoms with Gasteiger partial charge in [0.25, 0.3) is 5.91 Å². The van der Waals surface area contributed by atoms with E-state index in [-0.39, 0.29) is 22.5 Å². The van der Waals surface area contributed by atoms with Crippen LogP contribution < -0.4 is 11.2 Å². The van der Waals surface area contributed by atoms with Crippen LogP contribution in [0, 0.1) is 11.6 Å².